The second-order valence-corrected chi connectivity index (χ2v) is 6.83. The number of hydrogen-bond acceptors (Lipinski definition) is 3. The van der Waals surface area contributed by atoms with Gasteiger partial charge in [0.25, 0.3) is 5.91 Å². The van der Waals surface area contributed by atoms with Crippen molar-refractivity contribution in [2.24, 2.45) is 0 Å². The third-order valence-corrected chi connectivity index (χ3v) is 5.00. The van der Waals surface area contributed by atoms with Crippen LogP contribution in [0.1, 0.15) is 16.1 Å². The number of carbonyl (C=O) groups excluding carboxylic acids is 1. The third-order valence-electron chi connectivity index (χ3n) is 5.00. The van der Waals surface area contributed by atoms with Crippen molar-refractivity contribution in [3.05, 3.63) is 78.1 Å². The van der Waals surface area contributed by atoms with Crippen LogP contribution in [0.4, 0.5) is 10.1 Å². The normalized spacial score (nSPS) is 11.2. The van der Waals surface area contributed by atoms with Gasteiger partial charge in [-0.3, -0.25) is 14.9 Å². The summed E-state index contributed by atoms with van der Waals surface area (Å²) in [6, 6.07) is 15.1. The molecule has 0 saturated carbocycles. The van der Waals surface area contributed by atoms with Crippen LogP contribution in [-0.4, -0.2) is 26.1 Å². The Morgan fingerprint density at radius 1 is 1.10 bits per heavy atom. The van der Waals surface area contributed by atoms with E-state index >= 15 is 0 Å². The van der Waals surface area contributed by atoms with Crippen molar-refractivity contribution in [3.8, 4) is 11.1 Å². The van der Waals surface area contributed by atoms with Crippen molar-refractivity contribution in [2.45, 2.75) is 6.92 Å². The molecule has 3 aromatic heterocycles. The molecular formula is C22H16FN5O. The number of nitrogens with one attached hydrogen (secondary N) is 3. The second kappa shape index (κ2) is 6.56. The highest BCUT2D eigenvalue weighted by Gasteiger charge is 2.18. The van der Waals surface area contributed by atoms with Crippen molar-refractivity contribution in [3.63, 3.8) is 0 Å². The van der Waals surface area contributed by atoms with Crippen LogP contribution in [-0.2, 0) is 0 Å². The van der Waals surface area contributed by atoms with Crippen LogP contribution in [0.2, 0.25) is 0 Å². The molecule has 142 valence electrons. The molecule has 0 bridgehead atoms. The summed E-state index contributed by atoms with van der Waals surface area (Å²) in [5.41, 5.74) is 4.66. The molecular weight excluding hydrogens is 369 g/mol. The standard InChI is InChI=1S/C22H16FN5O/c1-12-4-3-8-25-20(12)22(29)26-17-10-13(11-18-19(17)21(23)28-27-18)14-5-2-6-16-15(14)7-9-24-16/h2-11,24H,1H3,(H,26,29)(H,27,28). The summed E-state index contributed by atoms with van der Waals surface area (Å²) in [7, 11) is 0. The molecule has 0 fully saturated rings. The van der Waals surface area contributed by atoms with Crippen LogP contribution < -0.4 is 5.32 Å². The average molecular weight is 385 g/mol. The molecule has 2 aromatic carbocycles. The molecule has 0 aliphatic rings. The number of aromatic amines is 2. The molecule has 0 unspecified atom stereocenters. The lowest BCUT2D eigenvalue weighted by atomic mass is 9.99. The van der Waals surface area contributed by atoms with Gasteiger partial charge in [0, 0.05) is 23.3 Å². The molecule has 5 rings (SSSR count). The molecule has 1 amide bonds. The zero-order valence-corrected chi connectivity index (χ0v) is 15.5. The Morgan fingerprint density at radius 2 is 2.00 bits per heavy atom. The van der Waals surface area contributed by atoms with Crippen LogP contribution in [0.25, 0.3) is 32.9 Å². The topological polar surface area (TPSA) is 86.5 Å². The first-order valence-corrected chi connectivity index (χ1v) is 9.09. The number of aromatic nitrogens is 4. The highest BCUT2D eigenvalue weighted by Crippen LogP contribution is 2.35. The fraction of sp³-hybridized carbons (Fsp3) is 0.0455. The molecule has 0 aliphatic heterocycles. The Bertz CT molecular complexity index is 1380. The lowest BCUT2D eigenvalue weighted by Gasteiger charge is -2.11. The third kappa shape index (κ3) is 2.84. The van der Waals surface area contributed by atoms with E-state index in [-0.39, 0.29) is 5.39 Å². The van der Waals surface area contributed by atoms with E-state index in [1.807, 2.05) is 36.5 Å². The van der Waals surface area contributed by atoms with E-state index in [1.165, 1.54) is 0 Å². The van der Waals surface area contributed by atoms with Gasteiger partial charge in [-0.15, -0.1) is 5.10 Å². The van der Waals surface area contributed by atoms with Gasteiger partial charge in [-0.1, -0.05) is 18.2 Å². The Hall–Kier alpha value is -4.00. The largest absolute Gasteiger partial charge is 0.361 e. The average Bonchev–Trinajstić information content (AvgIpc) is 3.35. The van der Waals surface area contributed by atoms with Crippen molar-refractivity contribution in [2.75, 3.05) is 5.32 Å². The molecule has 7 heteroatoms. The number of aryl methyl sites for hydroxylation is 1. The SMILES string of the molecule is Cc1cccnc1C(=O)Nc1cc(-c2cccc3[nH]ccc23)cc2[nH]nc(F)c12. The number of amides is 1. The number of rotatable bonds is 3. The molecule has 0 atom stereocenters. The van der Waals surface area contributed by atoms with Crippen molar-refractivity contribution in [1.82, 2.24) is 20.2 Å². The van der Waals surface area contributed by atoms with Gasteiger partial charge in [0.1, 0.15) is 5.69 Å². The quantitative estimate of drug-likeness (QED) is 0.417. The van der Waals surface area contributed by atoms with Gasteiger partial charge in [0.05, 0.1) is 16.6 Å². The minimum absolute atomic E-state index is 0.233. The first kappa shape index (κ1) is 17.1. The van der Waals surface area contributed by atoms with Gasteiger partial charge < -0.3 is 10.3 Å². The molecule has 5 aromatic rings. The van der Waals surface area contributed by atoms with Crippen molar-refractivity contribution >= 4 is 33.4 Å². The Kier molecular flexibility index (Phi) is 3.87. The van der Waals surface area contributed by atoms with Crippen LogP contribution >= 0.6 is 0 Å². The minimum Gasteiger partial charge on any atom is -0.361 e. The van der Waals surface area contributed by atoms with Crippen LogP contribution in [0.3, 0.4) is 0 Å². The lowest BCUT2D eigenvalue weighted by molar-refractivity contribution is 0.102. The van der Waals surface area contributed by atoms with Crippen molar-refractivity contribution in [1.29, 1.82) is 0 Å². The second-order valence-electron chi connectivity index (χ2n) is 6.83. The highest BCUT2D eigenvalue weighted by atomic mass is 19.1. The zero-order chi connectivity index (χ0) is 20.0. The van der Waals surface area contributed by atoms with Gasteiger partial charge in [-0.25, -0.2) is 0 Å². The predicted molar refractivity (Wildman–Crippen MR) is 110 cm³/mol. The molecule has 3 heterocycles. The summed E-state index contributed by atoms with van der Waals surface area (Å²) in [4.78, 5) is 20.1. The van der Waals surface area contributed by atoms with Crippen molar-refractivity contribution < 1.29 is 9.18 Å². The summed E-state index contributed by atoms with van der Waals surface area (Å²) in [6.45, 7) is 1.80. The highest BCUT2D eigenvalue weighted by molar-refractivity contribution is 6.10. The number of pyridine rings is 1. The molecule has 0 saturated heterocycles. The van der Waals surface area contributed by atoms with Crippen LogP contribution in [0.5, 0.6) is 0 Å². The maximum Gasteiger partial charge on any atom is 0.274 e. The number of H-pyrrole nitrogens is 2. The van der Waals surface area contributed by atoms with E-state index in [1.54, 1.807) is 31.3 Å². The number of fused-ring (bicyclic) bond motifs is 2. The van der Waals surface area contributed by atoms with Gasteiger partial charge in [0.2, 0.25) is 5.95 Å². The molecule has 0 spiro atoms. The first-order chi connectivity index (χ1) is 14.1. The zero-order valence-electron chi connectivity index (χ0n) is 15.5. The van der Waals surface area contributed by atoms with Gasteiger partial charge in [-0.2, -0.15) is 4.39 Å². The fourth-order valence-corrected chi connectivity index (χ4v) is 3.61. The van der Waals surface area contributed by atoms with E-state index in [4.69, 9.17) is 0 Å². The first-order valence-electron chi connectivity index (χ1n) is 9.09. The number of carbonyl (C=O) groups is 1. The number of anilines is 1. The summed E-state index contributed by atoms with van der Waals surface area (Å²) in [5.74, 6) is -1.07. The summed E-state index contributed by atoms with van der Waals surface area (Å²) < 4.78 is 14.4. The maximum atomic E-state index is 14.4. The van der Waals surface area contributed by atoms with Gasteiger partial charge in [-0.05, 0) is 53.9 Å². The molecule has 29 heavy (non-hydrogen) atoms. The number of hydrogen-bond donors (Lipinski definition) is 3. The van der Waals surface area contributed by atoms with E-state index in [0.29, 0.717) is 16.9 Å². The lowest BCUT2D eigenvalue weighted by Crippen LogP contribution is -2.15. The van der Waals surface area contributed by atoms with E-state index < -0.39 is 11.9 Å². The Labute approximate surface area is 164 Å². The number of benzene rings is 2. The molecule has 0 aliphatic carbocycles. The smallest absolute Gasteiger partial charge is 0.274 e. The molecule has 0 radical (unpaired) electrons. The minimum atomic E-state index is -0.667. The molecule has 3 N–H and O–H groups in total. The van der Waals surface area contributed by atoms with Crippen LogP contribution in [0, 0.1) is 12.9 Å². The van der Waals surface area contributed by atoms with Crippen LogP contribution in [0.15, 0.2) is 60.9 Å². The summed E-state index contributed by atoms with van der Waals surface area (Å²) >= 11 is 0. The summed E-state index contributed by atoms with van der Waals surface area (Å²) in [5, 5.41) is 10.5. The van der Waals surface area contributed by atoms with E-state index in [9.17, 15) is 9.18 Å². The fourth-order valence-electron chi connectivity index (χ4n) is 3.61. The van der Waals surface area contributed by atoms with Gasteiger partial charge in [0.15, 0.2) is 0 Å². The number of halogens is 1. The van der Waals surface area contributed by atoms with E-state index in [0.717, 1.165) is 27.6 Å². The van der Waals surface area contributed by atoms with E-state index in [2.05, 4.69) is 25.5 Å². The Balaban J connectivity index is 1.67. The Morgan fingerprint density at radius 3 is 2.86 bits per heavy atom. The van der Waals surface area contributed by atoms with Gasteiger partial charge >= 0.3 is 0 Å². The summed E-state index contributed by atoms with van der Waals surface area (Å²) in [6.07, 6.45) is 3.42. The monoisotopic (exact) mass is 385 g/mol. The molecule has 6 nitrogen and oxygen atoms in total. The predicted octanol–water partition coefficient (Wildman–Crippen LogP) is 4.81. The number of nitrogens with zero attached hydrogens (tertiary/aromatic N) is 2. The maximum absolute atomic E-state index is 14.4.